The number of nitrogens with zero attached hydrogens (tertiary/aromatic N) is 1. The minimum atomic E-state index is -0.0972. The number of rotatable bonds is 3. The molecule has 1 N–H and O–H groups in total. The van der Waals surface area contributed by atoms with Gasteiger partial charge in [0.15, 0.2) is 0 Å². The van der Waals surface area contributed by atoms with Gasteiger partial charge in [0.05, 0.1) is 17.1 Å². The van der Waals surface area contributed by atoms with E-state index in [2.05, 4.69) is 23.3 Å². The third-order valence-electron chi connectivity index (χ3n) is 3.88. The van der Waals surface area contributed by atoms with E-state index in [1.165, 1.54) is 5.56 Å². The molecule has 0 saturated heterocycles. The Morgan fingerprint density at radius 2 is 1.82 bits per heavy atom. The summed E-state index contributed by atoms with van der Waals surface area (Å²) in [6, 6.07) is 17.5. The number of aromatic nitrogens is 1. The summed E-state index contributed by atoms with van der Waals surface area (Å²) >= 11 is 0. The summed E-state index contributed by atoms with van der Waals surface area (Å²) in [5, 5.41) is 4.04. The molecule has 2 aromatic carbocycles. The van der Waals surface area contributed by atoms with Crippen LogP contribution in [0.5, 0.6) is 0 Å². The van der Waals surface area contributed by atoms with Crippen molar-refractivity contribution in [2.75, 3.05) is 0 Å². The van der Waals surface area contributed by atoms with Gasteiger partial charge in [-0.2, -0.15) is 0 Å². The summed E-state index contributed by atoms with van der Waals surface area (Å²) in [4.78, 5) is 16.9. The molecule has 0 aliphatic carbocycles. The Morgan fingerprint density at radius 1 is 1.05 bits per heavy atom. The number of benzene rings is 2. The van der Waals surface area contributed by atoms with Crippen molar-refractivity contribution >= 4 is 16.8 Å². The van der Waals surface area contributed by atoms with Gasteiger partial charge in [0.1, 0.15) is 0 Å². The molecule has 3 nitrogen and oxygen atoms in total. The fourth-order valence-electron chi connectivity index (χ4n) is 2.71. The Labute approximate surface area is 130 Å². The van der Waals surface area contributed by atoms with Crippen molar-refractivity contribution in [1.29, 1.82) is 0 Å². The molecule has 1 amide bonds. The smallest absolute Gasteiger partial charge is 0.253 e. The number of amides is 1. The van der Waals surface area contributed by atoms with Gasteiger partial charge in [-0.05, 0) is 37.1 Å². The number of hydrogen-bond donors (Lipinski definition) is 1. The maximum absolute atomic E-state index is 12.6. The molecule has 0 aliphatic heterocycles. The topological polar surface area (TPSA) is 42.0 Å². The summed E-state index contributed by atoms with van der Waals surface area (Å²) < 4.78 is 0. The van der Waals surface area contributed by atoms with Gasteiger partial charge < -0.3 is 5.32 Å². The van der Waals surface area contributed by atoms with E-state index in [4.69, 9.17) is 0 Å². The first-order valence-corrected chi connectivity index (χ1v) is 7.37. The average Bonchev–Trinajstić information content (AvgIpc) is 2.54. The van der Waals surface area contributed by atoms with E-state index in [9.17, 15) is 4.79 Å². The predicted octanol–water partition coefficient (Wildman–Crippen LogP) is 4.03. The van der Waals surface area contributed by atoms with E-state index in [1.807, 2.05) is 55.5 Å². The van der Waals surface area contributed by atoms with E-state index in [-0.39, 0.29) is 11.9 Å². The summed E-state index contributed by atoms with van der Waals surface area (Å²) in [6.07, 6.45) is 1.71. The lowest BCUT2D eigenvalue weighted by Gasteiger charge is -2.17. The van der Waals surface area contributed by atoms with Crippen LogP contribution in [0.4, 0.5) is 0 Å². The van der Waals surface area contributed by atoms with Crippen molar-refractivity contribution in [3.63, 3.8) is 0 Å². The fraction of sp³-hybridized carbons (Fsp3) is 0.158. The molecule has 0 spiro atoms. The standard InChI is InChI=1S/C19H18N2O/c1-13-7-3-4-10-16(13)14(2)21-19(22)17-11-5-8-15-9-6-12-20-18(15)17/h3-12,14H,1-2H3,(H,21,22)/t14-/m1/s1. The molecule has 0 radical (unpaired) electrons. The third kappa shape index (κ3) is 2.70. The Hall–Kier alpha value is -2.68. The molecule has 0 aliphatic rings. The summed E-state index contributed by atoms with van der Waals surface area (Å²) in [5.41, 5.74) is 3.65. The molecule has 0 unspecified atom stereocenters. The molecule has 3 aromatic rings. The maximum Gasteiger partial charge on any atom is 0.253 e. The quantitative estimate of drug-likeness (QED) is 0.791. The summed E-state index contributed by atoms with van der Waals surface area (Å²) in [7, 11) is 0. The normalized spacial score (nSPS) is 12.1. The molecule has 3 rings (SSSR count). The van der Waals surface area contributed by atoms with E-state index in [0.717, 1.165) is 16.5 Å². The van der Waals surface area contributed by atoms with Crippen LogP contribution in [0.2, 0.25) is 0 Å². The van der Waals surface area contributed by atoms with Gasteiger partial charge in [0, 0.05) is 11.6 Å². The molecule has 0 bridgehead atoms. The van der Waals surface area contributed by atoms with Crippen LogP contribution in [0.1, 0.15) is 34.5 Å². The number of hydrogen-bond acceptors (Lipinski definition) is 2. The molecule has 1 heterocycles. The minimum Gasteiger partial charge on any atom is -0.345 e. The van der Waals surface area contributed by atoms with Gasteiger partial charge in [-0.15, -0.1) is 0 Å². The highest BCUT2D eigenvalue weighted by molar-refractivity contribution is 6.05. The lowest BCUT2D eigenvalue weighted by Crippen LogP contribution is -2.27. The Morgan fingerprint density at radius 3 is 2.64 bits per heavy atom. The second kappa shape index (κ2) is 5.98. The second-order valence-corrected chi connectivity index (χ2v) is 5.43. The molecule has 3 heteroatoms. The lowest BCUT2D eigenvalue weighted by atomic mass is 10.0. The van der Waals surface area contributed by atoms with Crippen molar-refractivity contribution in [1.82, 2.24) is 10.3 Å². The van der Waals surface area contributed by atoms with Crippen LogP contribution in [-0.2, 0) is 0 Å². The fourth-order valence-corrected chi connectivity index (χ4v) is 2.71. The van der Waals surface area contributed by atoms with Crippen molar-refractivity contribution in [2.45, 2.75) is 19.9 Å². The maximum atomic E-state index is 12.6. The monoisotopic (exact) mass is 290 g/mol. The molecular weight excluding hydrogens is 272 g/mol. The Balaban J connectivity index is 1.89. The average molecular weight is 290 g/mol. The zero-order valence-corrected chi connectivity index (χ0v) is 12.7. The first-order chi connectivity index (χ1) is 10.7. The SMILES string of the molecule is Cc1ccccc1[C@@H](C)NC(=O)c1cccc2cccnc12. The second-order valence-electron chi connectivity index (χ2n) is 5.43. The molecule has 1 aromatic heterocycles. The highest BCUT2D eigenvalue weighted by Gasteiger charge is 2.15. The van der Waals surface area contributed by atoms with Crippen molar-refractivity contribution in [3.05, 3.63) is 77.5 Å². The number of nitrogens with one attached hydrogen (secondary N) is 1. The zero-order valence-electron chi connectivity index (χ0n) is 12.7. The molecular formula is C19H18N2O. The van der Waals surface area contributed by atoms with Crippen LogP contribution in [0, 0.1) is 6.92 Å². The number of fused-ring (bicyclic) bond motifs is 1. The van der Waals surface area contributed by atoms with E-state index in [1.54, 1.807) is 6.20 Å². The molecule has 0 saturated carbocycles. The highest BCUT2D eigenvalue weighted by atomic mass is 16.1. The van der Waals surface area contributed by atoms with Crippen LogP contribution >= 0.6 is 0 Å². The number of carbonyl (C=O) groups excluding carboxylic acids is 1. The van der Waals surface area contributed by atoms with Crippen molar-refractivity contribution < 1.29 is 4.79 Å². The van der Waals surface area contributed by atoms with Crippen LogP contribution in [0.15, 0.2) is 60.8 Å². The third-order valence-corrected chi connectivity index (χ3v) is 3.88. The molecule has 22 heavy (non-hydrogen) atoms. The number of carbonyl (C=O) groups is 1. The molecule has 0 fully saturated rings. The van der Waals surface area contributed by atoms with Crippen LogP contribution in [-0.4, -0.2) is 10.9 Å². The van der Waals surface area contributed by atoms with Gasteiger partial charge in [0.2, 0.25) is 0 Å². The lowest BCUT2D eigenvalue weighted by molar-refractivity contribution is 0.0941. The minimum absolute atomic E-state index is 0.0485. The van der Waals surface area contributed by atoms with E-state index >= 15 is 0 Å². The van der Waals surface area contributed by atoms with Gasteiger partial charge in [0.25, 0.3) is 5.91 Å². The molecule has 110 valence electrons. The first-order valence-electron chi connectivity index (χ1n) is 7.37. The number of aryl methyl sites for hydroxylation is 1. The molecule has 1 atom stereocenters. The highest BCUT2D eigenvalue weighted by Crippen LogP contribution is 2.20. The van der Waals surface area contributed by atoms with Crippen LogP contribution < -0.4 is 5.32 Å². The predicted molar refractivity (Wildman–Crippen MR) is 88.8 cm³/mol. The van der Waals surface area contributed by atoms with Crippen LogP contribution in [0.25, 0.3) is 10.9 Å². The Bertz CT molecular complexity index is 821. The largest absolute Gasteiger partial charge is 0.345 e. The van der Waals surface area contributed by atoms with Gasteiger partial charge in [-0.3, -0.25) is 9.78 Å². The number of pyridine rings is 1. The first kappa shape index (κ1) is 14.3. The zero-order chi connectivity index (χ0) is 15.5. The van der Waals surface area contributed by atoms with Crippen LogP contribution in [0.3, 0.4) is 0 Å². The van der Waals surface area contributed by atoms with E-state index in [0.29, 0.717) is 5.56 Å². The van der Waals surface area contributed by atoms with Gasteiger partial charge >= 0.3 is 0 Å². The van der Waals surface area contributed by atoms with Gasteiger partial charge in [-0.1, -0.05) is 42.5 Å². The van der Waals surface area contributed by atoms with E-state index < -0.39 is 0 Å². The van der Waals surface area contributed by atoms with Gasteiger partial charge in [-0.25, -0.2) is 0 Å². The summed E-state index contributed by atoms with van der Waals surface area (Å²) in [5.74, 6) is -0.0972. The van der Waals surface area contributed by atoms with Crippen molar-refractivity contribution in [2.24, 2.45) is 0 Å². The number of para-hydroxylation sites is 1. The summed E-state index contributed by atoms with van der Waals surface area (Å²) in [6.45, 7) is 4.05. The Kier molecular flexibility index (Phi) is 3.88. The van der Waals surface area contributed by atoms with Crippen molar-refractivity contribution in [3.8, 4) is 0 Å².